The normalized spacial score (nSPS) is 12.0. The predicted molar refractivity (Wildman–Crippen MR) is 81.5 cm³/mol. The van der Waals surface area contributed by atoms with Gasteiger partial charge in [-0.25, -0.2) is 0 Å². The molecule has 0 aliphatic heterocycles. The summed E-state index contributed by atoms with van der Waals surface area (Å²) in [5.74, 6) is 0.825. The minimum Gasteiger partial charge on any atom is -0.497 e. The Kier molecular flexibility index (Phi) is 4.56. The summed E-state index contributed by atoms with van der Waals surface area (Å²) in [7, 11) is 1.65. The second-order valence-electron chi connectivity index (χ2n) is 4.27. The van der Waals surface area contributed by atoms with Crippen molar-refractivity contribution in [2.24, 2.45) is 0 Å². The maximum atomic E-state index is 6.03. The van der Waals surface area contributed by atoms with Crippen molar-refractivity contribution in [3.63, 3.8) is 0 Å². The van der Waals surface area contributed by atoms with Crippen molar-refractivity contribution < 1.29 is 4.74 Å². The van der Waals surface area contributed by atoms with Crippen molar-refractivity contribution in [1.29, 1.82) is 0 Å². The molecular weight excluding hydrogens is 281 g/mol. The number of rotatable bonds is 4. The van der Waals surface area contributed by atoms with Crippen LogP contribution in [-0.2, 0) is 0 Å². The first kappa shape index (κ1) is 14.0. The fourth-order valence-electron chi connectivity index (χ4n) is 1.83. The van der Waals surface area contributed by atoms with Crippen LogP contribution in [0.2, 0.25) is 10.0 Å². The van der Waals surface area contributed by atoms with E-state index in [4.69, 9.17) is 27.9 Å². The third-order valence-electron chi connectivity index (χ3n) is 2.90. The quantitative estimate of drug-likeness (QED) is 0.839. The van der Waals surface area contributed by atoms with E-state index in [9.17, 15) is 0 Å². The smallest absolute Gasteiger partial charge is 0.120 e. The predicted octanol–water partition coefficient (Wildman–Crippen LogP) is 5.18. The zero-order valence-electron chi connectivity index (χ0n) is 10.8. The summed E-state index contributed by atoms with van der Waals surface area (Å²) in [6.07, 6.45) is 0. The van der Waals surface area contributed by atoms with Crippen LogP contribution in [0.25, 0.3) is 0 Å². The Hall–Kier alpha value is -1.38. The number of halogens is 2. The van der Waals surface area contributed by atoms with E-state index < -0.39 is 0 Å². The van der Waals surface area contributed by atoms with Crippen molar-refractivity contribution in [3.05, 3.63) is 58.1 Å². The Morgan fingerprint density at radius 2 is 1.84 bits per heavy atom. The lowest BCUT2D eigenvalue weighted by Crippen LogP contribution is -2.06. The molecule has 4 heteroatoms. The molecule has 2 rings (SSSR count). The van der Waals surface area contributed by atoms with Gasteiger partial charge in [0.05, 0.1) is 17.2 Å². The summed E-state index contributed by atoms with van der Waals surface area (Å²) >= 11 is 11.9. The summed E-state index contributed by atoms with van der Waals surface area (Å²) < 4.78 is 5.20. The molecule has 0 fully saturated rings. The summed E-state index contributed by atoms with van der Waals surface area (Å²) in [5, 5.41) is 4.53. The van der Waals surface area contributed by atoms with Gasteiger partial charge in [0.1, 0.15) is 5.75 Å². The Labute approximate surface area is 123 Å². The molecule has 100 valence electrons. The molecule has 0 bridgehead atoms. The maximum Gasteiger partial charge on any atom is 0.120 e. The van der Waals surface area contributed by atoms with Crippen molar-refractivity contribution in [2.45, 2.75) is 13.0 Å². The zero-order valence-corrected chi connectivity index (χ0v) is 12.3. The fourth-order valence-corrected chi connectivity index (χ4v) is 2.13. The Balaban J connectivity index is 2.15. The molecule has 1 unspecified atom stereocenters. The fraction of sp³-hybridized carbons (Fsp3) is 0.200. The lowest BCUT2D eigenvalue weighted by atomic mass is 10.1. The third-order valence-corrected chi connectivity index (χ3v) is 3.64. The standard InChI is InChI=1S/C15H15Cl2NO/c1-10(11-6-7-14(16)15(17)8-11)18-12-4-3-5-13(9-12)19-2/h3-10,18H,1-2H3. The zero-order chi connectivity index (χ0) is 13.8. The van der Waals surface area contributed by atoms with Gasteiger partial charge < -0.3 is 10.1 Å². The van der Waals surface area contributed by atoms with Crippen LogP contribution in [-0.4, -0.2) is 7.11 Å². The van der Waals surface area contributed by atoms with E-state index in [1.54, 1.807) is 7.11 Å². The number of hydrogen-bond acceptors (Lipinski definition) is 2. The van der Waals surface area contributed by atoms with Crippen LogP contribution in [0.1, 0.15) is 18.5 Å². The van der Waals surface area contributed by atoms with E-state index >= 15 is 0 Å². The Morgan fingerprint density at radius 1 is 1.05 bits per heavy atom. The average Bonchev–Trinajstić information content (AvgIpc) is 2.42. The van der Waals surface area contributed by atoms with E-state index in [1.807, 2.05) is 42.5 Å². The number of ether oxygens (including phenoxy) is 1. The molecule has 0 spiro atoms. The van der Waals surface area contributed by atoms with Gasteiger partial charge in [-0.2, -0.15) is 0 Å². The number of methoxy groups -OCH3 is 1. The number of nitrogens with one attached hydrogen (secondary N) is 1. The molecule has 0 aromatic heterocycles. The van der Waals surface area contributed by atoms with E-state index in [-0.39, 0.29) is 6.04 Å². The van der Waals surface area contributed by atoms with Crippen LogP contribution in [0.4, 0.5) is 5.69 Å². The average molecular weight is 296 g/mol. The van der Waals surface area contributed by atoms with Crippen molar-refractivity contribution in [3.8, 4) is 5.75 Å². The number of hydrogen-bond donors (Lipinski definition) is 1. The van der Waals surface area contributed by atoms with Gasteiger partial charge in [-0.1, -0.05) is 35.3 Å². The summed E-state index contributed by atoms with van der Waals surface area (Å²) in [6, 6.07) is 13.6. The van der Waals surface area contributed by atoms with E-state index in [0.29, 0.717) is 10.0 Å². The summed E-state index contributed by atoms with van der Waals surface area (Å²) in [4.78, 5) is 0. The first-order valence-corrected chi connectivity index (χ1v) is 6.71. The molecular formula is C15H15Cl2NO. The molecule has 2 aromatic carbocycles. The molecule has 2 nitrogen and oxygen atoms in total. The molecule has 0 aliphatic rings. The van der Waals surface area contributed by atoms with E-state index in [0.717, 1.165) is 17.0 Å². The van der Waals surface area contributed by atoms with E-state index in [1.165, 1.54) is 0 Å². The molecule has 0 aliphatic carbocycles. The molecule has 1 atom stereocenters. The Morgan fingerprint density at radius 3 is 2.53 bits per heavy atom. The molecule has 0 saturated carbocycles. The van der Waals surface area contributed by atoms with Gasteiger partial charge in [0, 0.05) is 17.8 Å². The first-order valence-electron chi connectivity index (χ1n) is 5.95. The van der Waals surface area contributed by atoms with Gasteiger partial charge in [0.25, 0.3) is 0 Å². The molecule has 19 heavy (non-hydrogen) atoms. The topological polar surface area (TPSA) is 21.3 Å². The Bertz CT molecular complexity index is 572. The lowest BCUT2D eigenvalue weighted by molar-refractivity contribution is 0.415. The van der Waals surface area contributed by atoms with Gasteiger partial charge >= 0.3 is 0 Å². The van der Waals surface area contributed by atoms with Crippen LogP contribution in [0.3, 0.4) is 0 Å². The number of anilines is 1. The molecule has 0 radical (unpaired) electrons. The second kappa shape index (κ2) is 6.18. The van der Waals surface area contributed by atoms with Crippen molar-refractivity contribution >= 4 is 28.9 Å². The summed E-state index contributed by atoms with van der Waals surface area (Å²) in [5.41, 5.74) is 2.08. The molecule has 1 N–H and O–H groups in total. The molecule has 0 saturated heterocycles. The minimum atomic E-state index is 0.127. The molecule has 0 heterocycles. The summed E-state index contributed by atoms with van der Waals surface area (Å²) in [6.45, 7) is 2.07. The highest BCUT2D eigenvalue weighted by Crippen LogP contribution is 2.28. The monoisotopic (exact) mass is 295 g/mol. The van der Waals surface area contributed by atoms with Crippen LogP contribution in [0.5, 0.6) is 5.75 Å². The third kappa shape index (κ3) is 3.55. The van der Waals surface area contributed by atoms with Crippen LogP contribution < -0.4 is 10.1 Å². The largest absolute Gasteiger partial charge is 0.497 e. The molecule has 2 aromatic rings. The van der Waals surface area contributed by atoms with Crippen molar-refractivity contribution in [2.75, 3.05) is 12.4 Å². The highest BCUT2D eigenvalue weighted by atomic mass is 35.5. The minimum absolute atomic E-state index is 0.127. The number of benzene rings is 2. The SMILES string of the molecule is COc1cccc(NC(C)c2ccc(Cl)c(Cl)c2)c1. The van der Waals surface area contributed by atoms with Gasteiger partial charge in [-0.15, -0.1) is 0 Å². The van der Waals surface area contributed by atoms with E-state index in [2.05, 4.69) is 12.2 Å². The van der Waals surface area contributed by atoms with Crippen LogP contribution in [0.15, 0.2) is 42.5 Å². The van der Waals surface area contributed by atoms with Crippen LogP contribution >= 0.6 is 23.2 Å². The van der Waals surface area contributed by atoms with Gasteiger partial charge in [0.15, 0.2) is 0 Å². The van der Waals surface area contributed by atoms with Gasteiger partial charge in [0.2, 0.25) is 0 Å². The lowest BCUT2D eigenvalue weighted by Gasteiger charge is -2.16. The highest BCUT2D eigenvalue weighted by Gasteiger charge is 2.08. The molecule has 0 amide bonds. The van der Waals surface area contributed by atoms with Crippen LogP contribution in [0, 0.1) is 0 Å². The van der Waals surface area contributed by atoms with Gasteiger partial charge in [-0.3, -0.25) is 0 Å². The maximum absolute atomic E-state index is 6.03. The first-order chi connectivity index (χ1) is 9.10. The highest BCUT2D eigenvalue weighted by molar-refractivity contribution is 6.42. The van der Waals surface area contributed by atoms with Gasteiger partial charge in [-0.05, 0) is 36.8 Å². The van der Waals surface area contributed by atoms with Crippen molar-refractivity contribution in [1.82, 2.24) is 0 Å². The second-order valence-corrected chi connectivity index (χ2v) is 5.09.